The van der Waals surface area contributed by atoms with E-state index in [0.29, 0.717) is 24.6 Å². The first-order valence-corrected chi connectivity index (χ1v) is 13.2. The summed E-state index contributed by atoms with van der Waals surface area (Å²) in [5, 5.41) is 10.8. The van der Waals surface area contributed by atoms with Crippen LogP contribution in [-0.2, 0) is 4.79 Å². The summed E-state index contributed by atoms with van der Waals surface area (Å²) in [6.45, 7) is 5.67. The second kappa shape index (κ2) is 11.4. The Morgan fingerprint density at radius 2 is 1.32 bits per heavy atom. The summed E-state index contributed by atoms with van der Waals surface area (Å²) in [7, 11) is 0. The first-order chi connectivity index (χ1) is 18.6. The fourth-order valence-corrected chi connectivity index (χ4v) is 4.38. The number of Topliss-reactive ketones (excluding diaryl/α,β-unsaturated/α-hetero) is 1. The molecule has 5 rings (SSSR count). The topological polar surface area (TPSA) is 83.9 Å². The summed E-state index contributed by atoms with van der Waals surface area (Å²) < 4.78 is 11.5. The fraction of sp³-hybridized carbons (Fsp3) is 0.250. The third-order valence-corrected chi connectivity index (χ3v) is 6.63. The van der Waals surface area contributed by atoms with Gasteiger partial charge in [-0.2, -0.15) is 0 Å². The Bertz CT molecular complexity index is 1440. The number of aliphatic hydroxyl groups is 1. The van der Waals surface area contributed by atoms with Crippen molar-refractivity contribution in [3.63, 3.8) is 0 Å². The second-order valence-electron chi connectivity index (χ2n) is 9.38. The van der Waals surface area contributed by atoms with Crippen molar-refractivity contribution in [1.82, 2.24) is 4.98 Å². The minimum Gasteiger partial charge on any atom is -0.506 e. The fourth-order valence-electron chi connectivity index (χ4n) is 4.38. The maximum absolute atomic E-state index is 13.1. The second-order valence-corrected chi connectivity index (χ2v) is 9.38. The number of hydrogen-bond acceptors (Lipinski definition) is 5. The van der Waals surface area contributed by atoms with Crippen molar-refractivity contribution in [3.05, 3.63) is 101 Å². The van der Waals surface area contributed by atoms with Crippen molar-refractivity contribution in [3.8, 4) is 22.8 Å². The van der Waals surface area contributed by atoms with Crippen LogP contribution >= 0.6 is 0 Å². The average Bonchev–Trinajstić information content (AvgIpc) is 3.61. The zero-order chi connectivity index (χ0) is 26.5. The number of nitrogens with one attached hydrogen (secondary N) is 1. The van der Waals surface area contributed by atoms with Crippen LogP contribution in [0.5, 0.6) is 11.5 Å². The van der Waals surface area contributed by atoms with Gasteiger partial charge < -0.3 is 19.6 Å². The molecule has 1 aliphatic carbocycles. The van der Waals surface area contributed by atoms with Crippen LogP contribution < -0.4 is 9.47 Å². The summed E-state index contributed by atoms with van der Waals surface area (Å²) >= 11 is 0. The zero-order valence-electron chi connectivity index (χ0n) is 21.8. The number of aromatic nitrogens is 1. The van der Waals surface area contributed by atoms with Gasteiger partial charge in [0.1, 0.15) is 17.3 Å². The van der Waals surface area contributed by atoms with Crippen molar-refractivity contribution in [1.29, 1.82) is 0 Å². The van der Waals surface area contributed by atoms with Crippen LogP contribution in [0.25, 0.3) is 16.8 Å². The van der Waals surface area contributed by atoms with Gasteiger partial charge in [0.05, 0.1) is 41.5 Å². The average molecular weight is 509 g/mol. The number of ketones is 1. The molecule has 1 aliphatic heterocycles. The highest BCUT2D eigenvalue weighted by molar-refractivity contribution is 6.39. The van der Waals surface area contributed by atoms with Crippen LogP contribution in [0.15, 0.2) is 94.8 Å². The molecule has 0 fully saturated rings. The molecule has 6 nitrogen and oxygen atoms in total. The molecule has 0 unspecified atom stereocenters. The number of ether oxygens (including phenoxy) is 2. The molecule has 0 atom stereocenters. The Hall–Kier alpha value is -4.32. The number of unbranched alkanes of at least 4 members (excludes halogenated alkanes) is 2. The van der Waals surface area contributed by atoms with Gasteiger partial charge >= 0.3 is 0 Å². The summed E-state index contributed by atoms with van der Waals surface area (Å²) in [6.07, 6.45) is 7.85. The van der Waals surface area contributed by atoms with E-state index in [2.05, 4.69) is 23.8 Å². The van der Waals surface area contributed by atoms with Gasteiger partial charge in [0.2, 0.25) is 5.78 Å². The van der Waals surface area contributed by atoms with E-state index in [0.717, 1.165) is 59.7 Å². The third-order valence-electron chi connectivity index (χ3n) is 6.63. The molecule has 0 bridgehead atoms. The van der Waals surface area contributed by atoms with Crippen molar-refractivity contribution in [2.24, 2.45) is 4.99 Å². The van der Waals surface area contributed by atoms with E-state index in [4.69, 9.17) is 9.47 Å². The van der Waals surface area contributed by atoms with E-state index in [9.17, 15) is 9.90 Å². The first-order valence-electron chi connectivity index (χ1n) is 13.2. The van der Waals surface area contributed by atoms with E-state index in [1.807, 2.05) is 66.7 Å². The number of aliphatic imine (C=N–C) groups is 1. The molecule has 2 aromatic carbocycles. The van der Waals surface area contributed by atoms with Crippen LogP contribution in [0.1, 0.15) is 50.8 Å². The molecule has 1 aromatic heterocycles. The summed E-state index contributed by atoms with van der Waals surface area (Å²) in [5.41, 5.74) is 5.08. The Morgan fingerprint density at radius 3 is 1.89 bits per heavy atom. The molecule has 194 valence electrons. The lowest BCUT2D eigenvalue weighted by Gasteiger charge is -2.21. The lowest BCUT2D eigenvalue weighted by Crippen LogP contribution is -2.22. The molecule has 2 aliphatic rings. The van der Waals surface area contributed by atoms with Crippen LogP contribution in [-0.4, -0.2) is 34.8 Å². The number of nitrogens with zero attached hydrogens (tertiary/aromatic N) is 1. The standard InChI is InChI=1S/C32H32N2O4/c1-3-5-19-37-23-11-7-21(8-12-23)25-15-17-27(33-25)29-31(35)30(32(29)36)28-18-16-26(34-28)22-9-13-24(14-10-22)38-20-6-4-2/h7-18,33,35H,3-6,19-20H2,1-2H3. The van der Waals surface area contributed by atoms with Crippen molar-refractivity contribution >= 4 is 17.1 Å². The van der Waals surface area contributed by atoms with E-state index in [-0.39, 0.29) is 22.7 Å². The summed E-state index contributed by atoms with van der Waals surface area (Å²) in [6, 6.07) is 19.3. The van der Waals surface area contributed by atoms with Crippen LogP contribution in [0.4, 0.5) is 0 Å². The molecule has 0 saturated heterocycles. The highest BCUT2D eigenvalue weighted by Crippen LogP contribution is 2.39. The molecule has 6 heteroatoms. The normalized spacial score (nSPS) is 16.6. The highest BCUT2D eigenvalue weighted by Gasteiger charge is 2.38. The van der Waals surface area contributed by atoms with Crippen molar-refractivity contribution < 1.29 is 19.4 Å². The molecular weight excluding hydrogens is 476 g/mol. The smallest absolute Gasteiger partial charge is 0.204 e. The number of benzene rings is 2. The quantitative estimate of drug-likeness (QED) is 0.212. The van der Waals surface area contributed by atoms with Gasteiger partial charge in [-0.1, -0.05) is 26.7 Å². The lowest BCUT2D eigenvalue weighted by atomic mass is 9.85. The zero-order valence-corrected chi connectivity index (χ0v) is 21.8. The monoisotopic (exact) mass is 508 g/mol. The molecule has 2 N–H and O–H groups in total. The molecule has 3 aromatic rings. The van der Waals surface area contributed by atoms with E-state index >= 15 is 0 Å². The summed E-state index contributed by atoms with van der Waals surface area (Å²) in [4.78, 5) is 20.9. The van der Waals surface area contributed by atoms with Crippen LogP contribution in [0.3, 0.4) is 0 Å². The number of hydrogen-bond donors (Lipinski definition) is 2. The van der Waals surface area contributed by atoms with Crippen LogP contribution in [0, 0.1) is 0 Å². The predicted molar refractivity (Wildman–Crippen MR) is 151 cm³/mol. The van der Waals surface area contributed by atoms with Crippen molar-refractivity contribution in [2.75, 3.05) is 13.2 Å². The highest BCUT2D eigenvalue weighted by atomic mass is 16.5. The van der Waals surface area contributed by atoms with Gasteiger partial charge in [0.15, 0.2) is 0 Å². The molecule has 0 spiro atoms. The lowest BCUT2D eigenvalue weighted by molar-refractivity contribution is -0.111. The van der Waals surface area contributed by atoms with Gasteiger partial charge in [0, 0.05) is 11.3 Å². The maximum Gasteiger partial charge on any atom is 0.204 e. The first kappa shape index (κ1) is 25.3. The molecule has 0 amide bonds. The Morgan fingerprint density at radius 1 is 0.737 bits per heavy atom. The van der Waals surface area contributed by atoms with Gasteiger partial charge in [-0.3, -0.25) is 4.79 Å². The SMILES string of the molecule is CCCCOc1ccc(C2=NC(=C3C(=O)C(c4ccc(-c5ccc(OCCCC)cc5)[nH]4)=C3O)C=C2)cc1. The maximum atomic E-state index is 13.1. The largest absolute Gasteiger partial charge is 0.506 e. The minimum atomic E-state index is -0.222. The minimum absolute atomic E-state index is 0.0348. The number of carbonyl (C=O) groups is 1. The Labute approximate surface area is 223 Å². The van der Waals surface area contributed by atoms with Crippen molar-refractivity contribution in [2.45, 2.75) is 39.5 Å². The van der Waals surface area contributed by atoms with E-state index in [1.54, 1.807) is 6.08 Å². The summed E-state index contributed by atoms with van der Waals surface area (Å²) in [5.74, 6) is 1.40. The Kier molecular flexibility index (Phi) is 7.59. The number of carbonyl (C=O) groups excluding carboxylic acids is 1. The van der Waals surface area contributed by atoms with Gasteiger partial charge in [-0.25, -0.2) is 4.99 Å². The van der Waals surface area contributed by atoms with Gasteiger partial charge in [0.25, 0.3) is 0 Å². The van der Waals surface area contributed by atoms with Crippen LogP contribution in [0.2, 0.25) is 0 Å². The van der Waals surface area contributed by atoms with Gasteiger partial charge in [-0.05, 0) is 91.2 Å². The molecular formula is C32H32N2O4. The predicted octanol–water partition coefficient (Wildman–Crippen LogP) is 7.20. The number of allylic oxidation sites excluding steroid dienone is 4. The van der Waals surface area contributed by atoms with E-state index in [1.165, 1.54) is 0 Å². The molecule has 2 heterocycles. The van der Waals surface area contributed by atoms with Gasteiger partial charge in [-0.15, -0.1) is 0 Å². The molecule has 0 saturated carbocycles. The number of aromatic amines is 1. The number of H-pyrrole nitrogens is 1. The Balaban J connectivity index is 1.30. The number of aliphatic hydroxyl groups excluding tert-OH is 1. The molecule has 38 heavy (non-hydrogen) atoms. The third kappa shape index (κ3) is 5.21. The molecule has 0 radical (unpaired) electrons. The van der Waals surface area contributed by atoms with E-state index < -0.39 is 0 Å². The number of rotatable bonds is 11.